The molecule has 6 nitrogen and oxygen atoms in total. The quantitative estimate of drug-likeness (QED) is 0.408. The number of hydrogen-bond donors (Lipinski definition) is 1. The molecule has 26 heavy (non-hydrogen) atoms. The SMILES string of the molecule is CCNc1ccnc(-c2ccccc2C(=O)c2ccccc2)c1[N+](=O)[O-]. The van der Waals surface area contributed by atoms with Crippen LogP contribution in [0.4, 0.5) is 11.4 Å². The fourth-order valence-electron chi connectivity index (χ4n) is 2.80. The van der Waals surface area contributed by atoms with Crippen molar-refractivity contribution in [2.45, 2.75) is 6.92 Å². The molecule has 0 radical (unpaired) electrons. The van der Waals surface area contributed by atoms with E-state index in [1.807, 2.05) is 13.0 Å². The van der Waals surface area contributed by atoms with E-state index in [9.17, 15) is 14.9 Å². The molecule has 130 valence electrons. The van der Waals surface area contributed by atoms with Gasteiger partial charge >= 0.3 is 5.69 Å². The molecule has 1 N–H and O–H groups in total. The largest absolute Gasteiger partial charge is 0.380 e. The van der Waals surface area contributed by atoms with Crippen LogP contribution in [0.25, 0.3) is 11.3 Å². The number of hydrogen-bond acceptors (Lipinski definition) is 5. The van der Waals surface area contributed by atoms with E-state index in [2.05, 4.69) is 10.3 Å². The van der Waals surface area contributed by atoms with E-state index in [1.165, 1.54) is 6.20 Å². The van der Waals surface area contributed by atoms with E-state index < -0.39 is 4.92 Å². The number of anilines is 1. The van der Waals surface area contributed by atoms with Gasteiger partial charge in [-0.3, -0.25) is 14.9 Å². The minimum Gasteiger partial charge on any atom is -0.380 e. The Kier molecular flexibility index (Phi) is 5.03. The van der Waals surface area contributed by atoms with Gasteiger partial charge in [0, 0.05) is 29.4 Å². The number of pyridine rings is 1. The Balaban J connectivity index is 2.19. The molecule has 0 aliphatic heterocycles. The monoisotopic (exact) mass is 347 g/mol. The van der Waals surface area contributed by atoms with Crippen molar-refractivity contribution >= 4 is 17.2 Å². The van der Waals surface area contributed by atoms with Crippen LogP contribution in [-0.2, 0) is 0 Å². The summed E-state index contributed by atoms with van der Waals surface area (Å²) >= 11 is 0. The number of rotatable bonds is 6. The summed E-state index contributed by atoms with van der Waals surface area (Å²) in [4.78, 5) is 28.3. The fourth-order valence-corrected chi connectivity index (χ4v) is 2.80. The van der Waals surface area contributed by atoms with Gasteiger partial charge in [0.15, 0.2) is 11.5 Å². The van der Waals surface area contributed by atoms with Crippen molar-refractivity contribution < 1.29 is 9.72 Å². The van der Waals surface area contributed by atoms with Crippen LogP contribution in [0.5, 0.6) is 0 Å². The van der Waals surface area contributed by atoms with Gasteiger partial charge in [-0.15, -0.1) is 0 Å². The molecule has 0 amide bonds. The zero-order chi connectivity index (χ0) is 18.5. The number of aromatic nitrogens is 1. The van der Waals surface area contributed by atoms with Crippen molar-refractivity contribution in [2.24, 2.45) is 0 Å². The number of nitro groups is 1. The first kappa shape index (κ1) is 17.3. The maximum Gasteiger partial charge on any atom is 0.318 e. The second-order valence-electron chi connectivity index (χ2n) is 5.58. The molecular weight excluding hydrogens is 330 g/mol. The average Bonchev–Trinajstić information content (AvgIpc) is 2.68. The molecule has 0 aliphatic rings. The summed E-state index contributed by atoms with van der Waals surface area (Å²) in [7, 11) is 0. The molecule has 0 bridgehead atoms. The van der Waals surface area contributed by atoms with Gasteiger partial charge in [-0.05, 0) is 13.0 Å². The predicted molar refractivity (Wildman–Crippen MR) is 100 cm³/mol. The highest BCUT2D eigenvalue weighted by Gasteiger charge is 2.25. The Labute approximate surface area is 150 Å². The Morgan fingerprint density at radius 1 is 1.08 bits per heavy atom. The van der Waals surface area contributed by atoms with Gasteiger partial charge in [-0.2, -0.15) is 0 Å². The summed E-state index contributed by atoms with van der Waals surface area (Å²) in [5.74, 6) is -0.203. The Morgan fingerprint density at radius 3 is 2.46 bits per heavy atom. The third-order valence-electron chi connectivity index (χ3n) is 3.94. The summed E-state index contributed by atoms with van der Waals surface area (Å²) in [6.45, 7) is 2.39. The number of benzene rings is 2. The third kappa shape index (κ3) is 3.30. The number of carbonyl (C=O) groups excluding carboxylic acids is 1. The Hall–Kier alpha value is -3.54. The molecule has 0 saturated heterocycles. The summed E-state index contributed by atoms with van der Waals surface area (Å²) in [5.41, 5.74) is 1.75. The Morgan fingerprint density at radius 2 is 1.77 bits per heavy atom. The molecule has 2 aromatic carbocycles. The number of nitrogens with zero attached hydrogens (tertiary/aromatic N) is 2. The van der Waals surface area contributed by atoms with Gasteiger partial charge in [0.2, 0.25) is 0 Å². The predicted octanol–water partition coefficient (Wildman–Crippen LogP) is 4.32. The van der Waals surface area contributed by atoms with E-state index >= 15 is 0 Å². The highest BCUT2D eigenvalue weighted by Crippen LogP contribution is 2.36. The molecular formula is C20H17N3O3. The van der Waals surface area contributed by atoms with Crippen molar-refractivity contribution in [3.8, 4) is 11.3 Å². The normalized spacial score (nSPS) is 10.3. The molecule has 3 rings (SSSR count). The van der Waals surface area contributed by atoms with E-state index in [0.717, 1.165) is 0 Å². The minimum atomic E-state index is -0.468. The van der Waals surface area contributed by atoms with E-state index in [0.29, 0.717) is 28.9 Å². The van der Waals surface area contributed by atoms with Gasteiger partial charge in [0.25, 0.3) is 0 Å². The first-order valence-corrected chi connectivity index (χ1v) is 8.20. The highest BCUT2D eigenvalue weighted by atomic mass is 16.6. The molecule has 1 aromatic heterocycles. The lowest BCUT2D eigenvalue weighted by molar-refractivity contribution is -0.383. The third-order valence-corrected chi connectivity index (χ3v) is 3.94. The van der Waals surface area contributed by atoms with E-state index in [4.69, 9.17) is 0 Å². The van der Waals surface area contributed by atoms with Gasteiger partial charge in [-0.1, -0.05) is 54.6 Å². The minimum absolute atomic E-state index is 0.136. The Bertz CT molecular complexity index is 956. The van der Waals surface area contributed by atoms with Crippen LogP contribution in [0, 0.1) is 10.1 Å². The van der Waals surface area contributed by atoms with Crippen LogP contribution in [0.2, 0.25) is 0 Å². The van der Waals surface area contributed by atoms with Crippen LogP contribution in [-0.4, -0.2) is 22.2 Å². The van der Waals surface area contributed by atoms with Gasteiger partial charge in [-0.25, -0.2) is 4.98 Å². The van der Waals surface area contributed by atoms with Crippen LogP contribution in [0.3, 0.4) is 0 Å². The van der Waals surface area contributed by atoms with Crippen LogP contribution >= 0.6 is 0 Å². The van der Waals surface area contributed by atoms with Crippen LogP contribution < -0.4 is 5.32 Å². The molecule has 1 heterocycles. The number of carbonyl (C=O) groups is 1. The van der Waals surface area contributed by atoms with Crippen molar-refractivity contribution in [3.63, 3.8) is 0 Å². The number of ketones is 1. The molecule has 0 spiro atoms. The molecule has 6 heteroatoms. The van der Waals surface area contributed by atoms with Crippen LogP contribution in [0.1, 0.15) is 22.8 Å². The smallest absolute Gasteiger partial charge is 0.318 e. The van der Waals surface area contributed by atoms with Gasteiger partial charge in [0.1, 0.15) is 5.69 Å². The van der Waals surface area contributed by atoms with Gasteiger partial charge in [0.05, 0.1) is 4.92 Å². The lowest BCUT2D eigenvalue weighted by atomic mass is 9.95. The maximum absolute atomic E-state index is 12.9. The second-order valence-corrected chi connectivity index (χ2v) is 5.58. The van der Waals surface area contributed by atoms with Gasteiger partial charge < -0.3 is 5.32 Å². The van der Waals surface area contributed by atoms with Crippen molar-refractivity contribution in [1.82, 2.24) is 4.98 Å². The molecule has 0 atom stereocenters. The molecule has 3 aromatic rings. The van der Waals surface area contributed by atoms with Crippen LogP contribution in [0.15, 0.2) is 66.9 Å². The molecule has 0 saturated carbocycles. The lowest BCUT2D eigenvalue weighted by Gasteiger charge is -2.11. The first-order chi connectivity index (χ1) is 12.6. The topological polar surface area (TPSA) is 85.1 Å². The summed E-state index contributed by atoms with van der Waals surface area (Å²) in [5, 5.41) is 14.7. The summed E-state index contributed by atoms with van der Waals surface area (Å²) < 4.78 is 0. The zero-order valence-electron chi connectivity index (χ0n) is 14.2. The highest BCUT2D eigenvalue weighted by molar-refractivity contribution is 6.13. The van der Waals surface area contributed by atoms with E-state index in [-0.39, 0.29) is 17.2 Å². The van der Waals surface area contributed by atoms with Crippen molar-refractivity contribution in [3.05, 3.63) is 88.1 Å². The molecule has 0 fully saturated rings. The second kappa shape index (κ2) is 7.57. The summed E-state index contributed by atoms with van der Waals surface area (Å²) in [6, 6.07) is 17.2. The van der Waals surface area contributed by atoms with Crippen molar-refractivity contribution in [2.75, 3.05) is 11.9 Å². The maximum atomic E-state index is 12.9. The summed E-state index contributed by atoms with van der Waals surface area (Å²) in [6.07, 6.45) is 1.50. The lowest BCUT2D eigenvalue weighted by Crippen LogP contribution is -2.07. The fraction of sp³-hybridized carbons (Fsp3) is 0.100. The number of nitrogens with one attached hydrogen (secondary N) is 1. The van der Waals surface area contributed by atoms with Crippen molar-refractivity contribution in [1.29, 1.82) is 0 Å². The zero-order valence-corrected chi connectivity index (χ0v) is 14.2. The standard InChI is InChI=1S/C20H17N3O3/c1-2-21-17-12-13-22-18(19(17)23(25)26)15-10-6-7-11-16(15)20(24)14-8-4-3-5-9-14/h3-13H,2H2,1H3,(H,21,22). The average molecular weight is 347 g/mol. The molecule has 0 aliphatic carbocycles. The van der Waals surface area contributed by atoms with E-state index in [1.54, 1.807) is 54.6 Å². The first-order valence-electron chi connectivity index (χ1n) is 8.20. The molecule has 0 unspecified atom stereocenters.